The van der Waals surface area contributed by atoms with Gasteiger partial charge in [0.2, 0.25) is 5.91 Å². The molecule has 3 aliphatic rings. The molecule has 0 N–H and O–H groups in total. The smallest absolute Gasteiger partial charge is 0.233 e. The number of likely N-dealkylation sites (tertiary alicyclic amines) is 1. The molecule has 0 bridgehead atoms. The number of benzene rings is 1. The van der Waals surface area contributed by atoms with Crippen LogP contribution in [0.4, 0.5) is 0 Å². The van der Waals surface area contributed by atoms with Crippen molar-refractivity contribution in [2.24, 2.45) is 0 Å². The highest BCUT2D eigenvalue weighted by atomic mass is 35.5. The van der Waals surface area contributed by atoms with Crippen LogP contribution in [-0.4, -0.2) is 38.9 Å². The van der Waals surface area contributed by atoms with Gasteiger partial charge < -0.3 is 4.90 Å². The summed E-state index contributed by atoms with van der Waals surface area (Å²) in [6.45, 7) is 1.54. The van der Waals surface area contributed by atoms with E-state index in [4.69, 9.17) is 11.6 Å². The molecule has 2 saturated carbocycles. The van der Waals surface area contributed by atoms with Crippen molar-refractivity contribution in [3.8, 4) is 0 Å². The fourth-order valence-corrected chi connectivity index (χ4v) is 4.98. The number of carbonyl (C=O) groups excluding carboxylic acids is 1. The molecule has 1 aliphatic heterocycles. The average Bonchev–Trinajstić information content (AvgIpc) is 3.11. The number of halogens is 1. The quantitative estimate of drug-likeness (QED) is 0.797. The molecule has 5 nitrogen and oxygen atoms in total. The molecule has 1 atom stereocenters. The molecular weight excluding hydrogens is 360 g/mol. The molecule has 1 amide bonds. The van der Waals surface area contributed by atoms with E-state index in [0.29, 0.717) is 5.92 Å². The van der Waals surface area contributed by atoms with Crippen molar-refractivity contribution in [1.82, 2.24) is 19.9 Å². The van der Waals surface area contributed by atoms with Gasteiger partial charge in [-0.3, -0.25) is 4.79 Å². The summed E-state index contributed by atoms with van der Waals surface area (Å²) in [5.41, 5.74) is 1.86. The van der Waals surface area contributed by atoms with Crippen LogP contribution in [0.25, 0.3) is 0 Å². The molecule has 1 aromatic carbocycles. The van der Waals surface area contributed by atoms with Crippen LogP contribution in [0, 0.1) is 0 Å². The highest BCUT2D eigenvalue weighted by molar-refractivity contribution is 6.30. The van der Waals surface area contributed by atoms with Crippen LogP contribution in [-0.2, 0) is 10.2 Å². The molecule has 2 aliphatic carbocycles. The van der Waals surface area contributed by atoms with Gasteiger partial charge in [0.15, 0.2) is 0 Å². The molecule has 6 heteroatoms. The maximum atomic E-state index is 13.6. The molecule has 1 aromatic heterocycles. The zero-order valence-electron chi connectivity index (χ0n) is 15.5. The number of amides is 1. The third kappa shape index (κ3) is 3.06. The second-order valence-electron chi connectivity index (χ2n) is 8.39. The van der Waals surface area contributed by atoms with Gasteiger partial charge in [-0.15, -0.1) is 5.10 Å². The molecule has 2 aromatic rings. The van der Waals surface area contributed by atoms with Crippen molar-refractivity contribution in [2.45, 2.75) is 62.3 Å². The van der Waals surface area contributed by atoms with Crippen molar-refractivity contribution in [3.63, 3.8) is 0 Å². The van der Waals surface area contributed by atoms with E-state index >= 15 is 0 Å². The maximum absolute atomic E-state index is 13.6. The molecule has 5 rings (SSSR count). The average molecular weight is 385 g/mol. The number of rotatable bonds is 4. The van der Waals surface area contributed by atoms with Gasteiger partial charge in [0.05, 0.1) is 17.2 Å². The Bertz CT molecular complexity index is 836. The zero-order chi connectivity index (χ0) is 18.4. The largest absolute Gasteiger partial charge is 0.340 e. The third-order valence-corrected chi connectivity index (χ3v) is 6.86. The molecule has 2 heterocycles. The first-order valence-corrected chi connectivity index (χ1v) is 10.5. The Morgan fingerprint density at radius 3 is 2.56 bits per heavy atom. The highest BCUT2D eigenvalue weighted by Gasteiger charge is 2.46. The van der Waals surface area contributed by atoms with E-state index in [9.17, 15) is 4.79 Å². The van der Waals surface area contributed by atoms with Crippen LogP contribution in [0.2, 0.25) is 5.02 Å². The van der Waals surface area contributed by atoms with Crippen molar-refractivity contribution in [1.29, 1.82) is 0 Å². The van der Waals surface area contributed by atoms with Crippen molar-refractivity contribution in [2.75, 3.05) is 13.1 Å². The SMILES string of the molecule is O=C(N1CC[C@H](n2cc(C3CC3)nn2)C1)C1(c2ccc(Cl)cc2)CCCC1. The van der Waals surface area contributed by atoms with E-state index in [1.165, 1.54) is 12.8 Å². The number of nitrogens with zero attached hydrogens (tertiary/aromatic N) is 4. The normalized spacial score (nSPS) is 24.5. The van der Waals surface area contributed by atoms with Crippen LogP contribution < -0.4 is 0 Å². The van der Waals surface area contributed by atoms with Gasteiger partial charge >= 0.3 is 0 Å². The predicted octanol–water partition coefficient (Wildman–Crippen LogP) is 4.09. The minimum absolute atomic E-state index is 0.248. The molecule has 142 valence electrons. The topological polar surface area (TPSA) is 51.0 Å². The van der Waals surface area contributed by atoms with E-state index in [1.807, 2.05) is 28.9 Å². The van der Waals surface area contributed by atoms with Gasteiger partial charge in [0, 0.05) is 30.2 Å². The van der Waals surface area contributed by atoms with E-state index in [-0.39, 0.29) is 17.4 Å². The van der Waals surface area contributed by atoms with Crippen LogP contribution in [0.3, 0.4) is 0 Å². The number of hydrogen-bond donors (Lipinski definition) is 0. The summed E-state index contributed by atoms with van der Waals surface area (Å²) in [4.78, 5) is 15.7. The van der Waals surface area contributed by atoms with Gasteiger partial charge in [0.1, 0.15) is 0 Å². The lowest BCUT2D eigenvalue weighted by Crippen LogP contribution is -2.44. The highest BCUT2D eigenvalue weighted by Crippen LogP contribution is 2.44. The van der Waals surface area contributed by atoms with Gasteiger partial charge in [-0.2, -0.15) is 0 Å². The summed E-state index contributed by atoms with van der Waals surface area (Å²) in [7, 11) is 0. The zero-order valence-corrected chi connectivity index (χ0v) is 16.2. The predicted molar refractivity (Wildman–Crippen MR) is 104 cm³/mol. The Morgan fingerprint density at radius 1 is 1.11 bits per heavy atom. The minimum atomic E-state index is -0.374. The van der Waals surface area contributed by atoms with Crippen LogP contribution in [0.15, 0.2) is 30.5 Å². The summed E-state index contributed by atoms with van der Waals surface area (Å²) < 4.78 is 1.99. The van der Waals surface area contributed by atoms with Gasteiger partial charge in [-0.1, -0.05) is 41.8 Å². The van der Waals surface area contributed by atoms with E-state index in [1.54, 1.807) is 0 Å². The van der Waals surface area contributed by atoms with Crippen molar-refractivity contribution in [3.05, 3.63) is 46.7 Å². The lowest BCUT2D eigenvalue weighted by molar-refractivity contribution is -0.136. The van der Waals surface area contributed by atoms with Crippen molar-refractivity contribution < 1.29 is 4.79 Å². The van der Waals surface area contributed by atoms with Crippen LogP contribution >= 0.6 is 11.6 Å². The first-order valence-electron chi connectivity index (χ1n) is 10.1. The summed E-state index contributed by atoms with van der Waals surface area (Å²) in [6.07, 6.45) is 9.61. The van der Waals surface area contributed by atoms with E-state index < -0.39 is 0 Å². The molecule has 0 unspecified atom stereocenters. The number of hydrogen-bond acceptors (Lipinski definition) is 3. The van der Waals surface area contributed by atoms with Gasteiger partial charge in [-0.25, -0.2) is 4.68 Å². The molecule has 0 spiro atoms. The van der Waals surface area contributed by atoms with Crippen LogP contribution in [0.5, 0.6) is 0 Å². The minimum Gasteiger partial charge on any atom is -0.340 e. The number of carbonyl (C=O) groups is 1. The summed E-state index contributed by atoms with van der Waals surface area (Å²) in [6, 6.07) is 8.15. The summed E-state index contributed by atoms with van der Waals surface area (Å²) in [5.74, 6) is 0.900. The number of aromatic nitrogens is 3. The van der Waals surface area contributed by atoms with E-state index in [2.05, 4.69) is 21.4 Å². The Balaban J connectivity index is 1.35. The van der Waals surface area contributed by atoms with E-state index in [0.717, 1.165) is 61.5 Å². The Morgan fingerprint density at radius 2 is 1.85 bits per heavy atom. The lowest BCUT2D eigenvalue weighted by Gasteiger charge is -2.33. The third-order valence-electron chi connectivity index (χ3n) is 6.61. The standard InChI is InChI=1S/C21H25ClN4O/c22-17-7-5-16(6-8-17)21(10-1-2-11-21)20(27)25-12-9-18(13-25)26-14-19(23-24-26)15-3-4-15/h5-8,14-15,18H,1-4,9-13H2/t18-/m0/s1. The monoisotopic (exact) mass is 384 g/mol. The van der Waals surface area contributed by atoms with Gasteiger partial charge in [0.25, 0.3) is 0 Å². The fraction of sp³-hybridized carbons (Fsp3) is 0.571. The Labute approximate surface area is 164 Å². The second kappa shape index (κ2) is 6.62. The Hall–Kier alpha value is -1.88. The fourth-order valence-electron chi connectivity index (χ4n) is 4.85. The lowest BCUT2D eigenvalue weighted by atomic mass is 9.77. The Kier molecular flexibility index (Phi) is 4.23. The first-order chi connectivity index (χ1) is 13.2. The molecule has 0 radical (unpaired) electrons. The first kappa shape index (κ1) is 17.2. The maximum Gasteiger partial charge on any atom is 0.233 e. The summed E-state index contributed by atoms with van der Waals surface area (Å²) >= 11 is 6.08. The second-order valence-corrected chi connectivity index (χ2v) is 8.82. The van der Waals surface area contributed by atoms with Gasteiger partial charge in [-0.05, 0) is 49.8 Å². The molecule has 3 fully saturated rings. The van der Waals surface area contributed by atoms with Crippen molar-refractivity contribution >= 4 is 17.5 Å². The summed E-state index contributed by atoms with van der Waals surface area (Å²) in [5, 5.41) is 9.41. The molecule has 1 saturated heterocycles. The molecular formula is C21H25ClN4O. The van der Waals surface area contributed by atoms with Crippen LogP contribution in [0.1, 0.15) is 68.2 Å². The molecule has 27 heavy (non-hydrogen) atoms.